The van der Waals surface area contributed by atoms with Gasteiger partial charge < -0.3 is 20.5 Å². The Kier molecular flexibility index (Phi) is 3.50. The van der Waals surface area contributed by atoms with Crippen LogP contribution in [0, 0.1) is 5.41 Å². The molecule has 0 saturated heterocycles. The molecule has 0 saturated carbocycles. The molecule has 140 valence electrons. The summed E-state index contributed by atoms with van der Waals surface area (Å²) in [6.07, 6.45) is 0.668. The maximum Gasteiger partial charge on any atom is 0.340 e. The Hall–Kier alpha value is -3.09. The Balaban J connectivity index is 2.09. The van der Waals surface area contributed by atoms with Gasteiger partial charge in [0.25, 0.3) is 0 Å². The highest BCUT2D eigenvalue weighted by molar-refractivity contribution is 6.22. The van der Waals surface area contributed by atoms with Crippen molar-refractivity contribution in [1.82, 2.24) is 0 Å². The molecular weight excluding hydrogens is 348 g/mol. The summed E-state index contributed by atoms with van der Waals surface area (Å²) in [4.78, 5) is 39.1. The van der Waals surface area contributed by atoms with Crippen LogP contribution in [0.2, 0.25) is 0 Å². The summed E-state index contributed by atoms with van der Waals surface area (Å²) in [6, 6.07) is 6.95. The van der Waals surface area contributed by atoms with Gasteiger partial charge in [-0.05, 0) is 11.5 Å². The minimum Gasteiger partial charge on any atom is -0.465 e. The van der Waals surface area contributed by atoms with Crippen molar-refractivity contribution in [3.63, 3.8) is 0 Å². The van der Waals surface area contributed by atoms with Crippen molar-refractivity contribution >= 4 is 23.3 Å². The highest BCUT2D eigenvalue weighted by atomic mass is 16.5. The molecule has 0 radical (unpaired) electrons. The molecule has 3 N–H and O–H groups in total. The third-order valence-electron chi connectivity index (χ3n) is 5.37. The number of hydrogen-bond donors (Lipinski definition) is 2. The quantitative estimate of drug-likeness (QED) is 0.733. The summed E-state index contributed by atoms with van der Waals surface area (Å²) in [5.74, 6) is -1.41. The van der Waals surface area contributed by atoms with Crippen LogP contribution in [0.25, 0.3) is 0 Å². The maximum absolute atomic E-state index is 13.3. The highest BCUT2D eigenvalue weighted by Crippen LogP contribution is 2.55. The molecule has 4 rings (SSSR count). The molecule has 0 bridgehead atoms. The molecule has 1 aromatic carbocycles. The van der Waals surface area contributed by atoms with Gasteiger partial charge in [0, 0.05) is 24.1 Å². The number of nitrogens with one attached hydrogen (secondary N) is 1. The molecule has 1 spiro atoms. The van der Waals surface area contributed by atoms with E-state index in [4.69, 9.17) is 15.2 Å². The number of rotatable bonds is 1. The van der Waals surface area contributed by atoms with Crippen molar-refractivity contribution < 1.29 is 23.9 Å². The summed E-state index contributed by atoms with van der Waals surface area (Å²) in [5.41, 5.74) is 5.16. The van der Waals surface area contributed by atoms with Crippen LogP contribution in [-0.2, 0) is 29.3 Å². The van der Waals surface area contributed by atoms with Crippen molar-refractivity contribution in [2.45, 2.75) is 32.1 Å². The number of hydrogen-bond acceptors (Lipinski definition) is 6. The number of Topliss-reactive ketones (excluding diaryl/α,β-unsaturated/α-hetero) is 1. The van der Waals surface area contributed by atoms with Gasteiger partial charge in [-0.1, -0.05) is 32.0 Å². The van der Waals surface area contributed by atoms with Gasteiger partial charge in [-0.3, -0.25) is 9.59 Å². The first kappa shape index (κ1) is 17.3. The van der Waals surface area contributed by atoms with Gasteiger partial charge in [0.15, 0.2) is 5.78 Å². The van der Waals surface area contributed by atoms with Gasteiger partial charge in [-0.15, -0.1) is 0 Å². The number of benzene rings is 1. The summed E-state index contributed by atoms with van der Waals surface area (Å²) < 4.78 is 10.6. The van der Waals surface area contributed by atoms with E-state index >= 15 is 0 Å². The summed E-state index contributed by atoms with van der Waals surface area (Å²) in [6.45, 7) is 3.90. The van der Waals surface area contributed by atoms with Crippen LogP contribution in [0.15, 0.2) is 47.1 Å². The zero-order chi connectivity index (χ0) is 19.6. The fourth-order valence-electron chi connectivity index (χ4n) is 4.37. The number of ketones is 1. The lowest BCUT2D eigenvalue weighted by atomic mass is 9.62. The van der Waals surface area contributed by atoms with Crippen LogP contribution < -0.4 is 11.1 Å². The van der Waals surface area contributed by atoms with E-state index in [9.17, 15) is 14.4 Å². The third kappa shape index (κ3) is 2.17. The Morgan fingerprint density at radius 3 is 2.63 bits per heavy atom. The average Bonchev–Trinajstić information content (AvgIpc) is 2.85. The van der Waals surface area contributed by atoms with E-state index in [0.717, 1.165) is 0 Å². The number of para-hydroxylation sites is 1. The van der Waals surface area contributed by atoms with E-state index in [2.05, 4.69) is 5.32 Å². The molecule has 1 amide bonds. The topological polar surface area (TPSA) is 108 Å². The molecule has 27 heavy (non-hydrogen) atoms. The number of fused-ring (bicyclic) bond motifs is 3. The first-order valence-corrected chi connectivity index (χ1v) is 8.66. The fraction of sp³-hybridized carbons (Fsp3) is 0.350. The molecule has 1 aromatic rings. The van der Waals surface area contributed by atoms with Crippen LogP contribution in [0.3, 0.4) is 0 Å². The Morgan fingerprint density at radius 2 is 1.93 bits per heavy atom. The zero-order valence-electron chi connectivity index (χ0n) is 15.3. The molecule has 1 aliphatic carbocycles. The molecule has 1 atom stereocenters. The molecule has 7 heteroatoms. The van der Waals surface area contributed by atoms with E-state index in [-0.39, 0.29) is 34.6 Å². The van der Waals surface area contributed by atoms with Crippen molar-refractivity contribution in [3.8, 4) is 0 Å². The Morgan fingerprint density at radius 1 is 1.22 bits per heavy atom. The SMILES string of the molecule is COC(=O)C1=C(N)OC2=C(C(=O)CC(C)(C)C2)C12C(=O)Nc1ccccc12. The first-order chi connectivity index (χ1) is 12.7. The second-order valence-electron chi connectivity index (χ2n) is 7.82. The summed E-state index contributed by atoms with van der Waals surface area (Å²) >= 11 is 0. The maximum atomic E-state index is 13.3. The van der Waals surface area contributed by atoms with E-state index in [0.29, 0.717) is 23.4 Å². The Bertz CT molecular complexity index is 972. The number of ether oxygens (including phenoxy) is 2. The van der Waals surface area contributed by atoms with Crippen molar-refractivity contribution in [2.24, 2.45) is 11.1 Å². The molecule has 2 aliphatic heterocycles. The number of amides is 1. The average molecular weight is 368 g/mol. The second-order valence-corrected chi connectivity index (χ2v) is 7.82. The van der Waals surface area contributed by atoms with Crippen molar-refractivity contribution in [2.75, 3.05) is 12.4 Å². The lowest BCUT2D eigenvalue weighted by Crippen LogP contribution is -2.50. The van der Waals surface area contributed by atoms with E-state index in [1.54, 1.807) is 24.3 Å². The smallest absolute Gasteiger partial charge is 0.340 e. The van der Waals surface area contributed by atoms with E-state index in [1.165, 1.54) is 7.11 Å². The van der Waals surface area contributed by atoms with E-state index in [1.807, 2.05) is 13.8 Å². The lowest BCUT2D eigenvalue weighted by Gasteiger charge is -2.41. The fourth-order valence-corrected chi connectivity index (χ4v) is 4.37. The van der Waals surface area contributed by atoms with Crippen LogP contribution >= 0.6 is 0 Å². The summed E-state index contributed by atoms with van der Waals surface area (Å²) in [5, 5.41) is 2.78. The number of nitrogens with two attached hydrogens (primary N) is 1. The predicted molar refractivity (Wildman–Crippen MR) is 96.1 cm³/mol. The number of carbonyl (C=O) groups excluding carboxylic acids is 3. The highest BCUT2D eigenvalue weighted by Gasteiger charge is 2.62. The van der Waals surface area contributed by atoms with Gasteiger partial charge in [-0.25, -0.2) is 4.79 Å². The van der Waals surface area contributed by atoms with Crippen molar-refractivity contribution in [1.29, 1.82) is 0 Å². The standard InChI is InChI=1S/C20H20N2O5/c1-19(2)8-12(23)14-13(9-19)27-16(21)15(17(24)26-3)20(14)10-6-4-5-7-11(10)22-18(20)25/h4-7H,8-9,21H2,1-3H3,(H,22,25). The normalized spacial score (nSPS) is 25.7. The molecule has 0 aromatic heterocycles. The minimum atomic E-state index is -1.66. The molecule has 0 fully saturated rings. The number of methoxy groups -OCH3 is 1. The largest absolute Gasteiger partial charge is 0.465 e. The number of esters is 1. The molecule has 7 nitrogen and oxygen atoms in total. The molecule has 1 unspecified atom stereocenters. The first-order valence-electron chi connectivity index (χ1n) is 8.66. The number of carbonyl (C=O) groups is 3. The molecular formula is C20H20N2O5. The molecule has 3 aliphatic rings. The monoisotopic (exact) mass is 368 g/mol. The predicted octanol–water partition coefficient (Wildman–Crippen LogP) is 1.89. The summed E-state index contributed by atoms with van der Waals surface area (Å²) in [7, 11) is 1.20. The zero-order valence-corrected chi connectivity index (χ0v) is 15.3. The van der Waals surface area contributed by atoms with Gasteiger partial charge in [0.2, 0.25) is 11.8 Å². The number of anilines is 1. The third-order valence-corrected chi connectivity index (χ3v) is 5.37. The van der Waals surface area contributed by atoms with Crippen molar-refractivity contribution in [3.05, 3.63) is 52.6 Å². The van der Waals surface area contributed by atoms with Gasteiger partial charge in [0.1, 0.15) is 16.7 Å². The second kappa shape index (κ2) is 5.45. The van der Waals surface area contributed by atoms with Crippen LogP contribution in [0.5, 0.6) is 0 Å². The number of allylic oxidation sites excluding steroid dienone is 1. The van der Waals surface area contributed by atoms with Gasteiger partial charge >= 0.3 is 5.97 Å². The van der Waals surface area contributed by atoms with Crippen LogP contribution in [0.1, 0.15) is 32.3 Å². The molecule has 2 heterocycles. The van der Waals surface area contributed by atoms with Crippen LogP contribution in [-0.4, -0.2) is 24.8 Å². The van der Waals surface area contributed by atoms with E-state index < -0.39 is 17.3 Å². The lowest BCUT2D eigenvalue weighted by molar-refractivity contribution is -0.139. The Labute approximate surface area is 156 Å². The van der Waals surface area contributed by atoms with Crippen LogP contribution in [0.4, 0.5) is 5.69 Å². The minimum absolute atomic E-state index is 0.153. The van der Waals surface area contributed by atoms with Gasteiger partial charge in [-0.2, -0.15) is 0 Å². The van der Waals surface area contributed by atoms with Gasteiger partial charge in [0.05, 0.1) is 12.7 Å².